The van der Waals surface area contributed by atoms with Crippen molar-refractivity contribution >= 4 is 11.5 Å². The van der Waals surface area contributed by atoms with Gasteiger partial charge in [-0.1, -0.05) is 6.07 Å². The number of ether oxygens (including phenoxy) is 2. The van der Waals surface area contributed by atoms with Crippen LogP contribution in [0.5, 0.6) is 5.75 Å². The number of alkyl halides is 3. The summed E-state index contributed by atoms with van der Waals surface area (Å²) in [5.74, 6) is 0.549. The van der Waals surface area contributed by atoms with Crippen molar-refractivity contribution in [3.8, 4) is 5.75 Å². The van der Waals surface area contributed by atoms with Crippen molar-refractivity contribution in [3.63, 3.8) is 0 Å². The zero-order valence-electron chi connectivity index (χ0n) is 20.0. The molecule has 1 spiro atoms. The summed E-state index contributed by atoms with van der Waals surface area (Å²) in [5, 5.41) is 17.5. The second kappa shape index (κ2) is 9.72. The fourth-order valence-corrected chi connectivity index (χ4v) is 5.54. The Hall–Kier alpha value is -3.15. The first-order valence-corrected chi connectivity index (χ1v) is 12.3. The van der Waals surface area contributed by atoms with Crippen molar-refractivity contribution in [3.05, 3.63) is 40.8 Å². The molecule has 2 N–H and O–H groups in total. The zero-order chi connectivity index (χ0) is 25.3. The molecule has 194 valence electrons. The monoisotopic (exact) mass is 506 g/mol. The Kier molecular flexibility index (Phi) is 6.62. The number of tetrazole rings is 1. The summed E-state index contributed by atoms with van der Waals surface area (Å²) in [6.45, 7) is 4.05. The van der Waals surface area contributed by atoms with Crippen LogP contribution in [0.4, 0.5) is 13.2 Å². The number of aromatic amines is 1. The number of hydrogen-bond donors (Lipinski definition) is 2. The molecule has 2 aliphatic heterocycles. The van der Waals surface area contributed by atoms with E-state index in [2.05, 4.69) is 30.8 Å². The van der Waals surface area contributed by atoms with Crippen LogP contribution in [0.15, 0.2) is 23.9 Å². The van der Waals surface area contributed by atoms with E-state index in [4.69, 9.17) is 9.47 Å². The van der Waals surface area contributed by atoms with Gasteiger partial charge in [0, 0.05) is 38.2 Å². The number of rotatable bonds is 8. The van der Waals surface area contributed by atoms with E-state index < -0.39 is 18.1 Å². The number of carbonyl (C=O) groups excluding carboxylic acids is 1. The van der Waals surface area contributed by atoms with Gasteiger partial charge in [0.1, 0.15) is 11.3 Å². The molecule has 1 fully saturated rings. The summed E-state index contributed by atoms with van der Waals surface area (Å²) < 4.78 is 48.6. The molecule has 1 amide bonds. The van der Waals surface area contributed by atoms with Gasteiger partial charge in [0.15, 0.2) is 0 Å². The number of likely N-dealkylation sites (tertiary alicyclic amines) is 1. The topological polar surface area (TPSA) is 105 Å². The minimum Gasteiger partial charge on any atom is -0.494 e. The first kappa shape index (κ1) is 24.5. The first-order valence-electron chi connectivity index (χ1n) is 12.3. The van der Waals surface area contributed by atoms with E-state index in [0.717, 1.165) is 36.2 Å². The highest BCUT2D eigenvalue weighted by Crippen LogP contribution is 2.47. The van der Waals surface area contributed by atoms with Crippen LogP contribution in [0, 0.1) is 0 Å². The van der Waals surface area contributed by atoms with E-state index in [1.165, 1.54) is 0 Å². The molecule has 9 nitrogen and oxygen atoms in total. The van der Waals surface area contributed by atoms with Gasteiger partial charge >= 0.3 is 6.18 Å². The predicted octanol–water partition coefficient (Wildman–Crippen LogP) is 3.10. The predicted molar refractivity (Wildman–Crippen MR) is 123 cm³/mol. The lowest BCUT2D eigenvalue weighted by Gasteiger charge is -2.40. The van der Waals surface area contributed by atoms with Crippen molar-refractivity contribution in [2.24, 2.45) is 0 Å². The average molecular weight is 507 g/mol. The Morgan fingerprint density at radius 2 is 2.17 bits per heavy atom. The quantitative estimate of drug-likeness (QED) is 0.530. The maximum absolute atomic E-state index is 13.5. The first-order chi connectivity index (χ1) is 17.3. The molecule has 36 heavy (non-hydrogen) atoms. The van der Waals surface area contributed by atoms with Gasteiger partial charge in [-0.05, 0) is 61.1 Å². The number of nitrogens with one attached hydrogen (secondary N) is 2. The average Bonchev–Trinajstić information content (AvgIpc) is 3.58. The fraction of sp³-hybridized carbons (Fsp3) is 0.583. The molecule has 0 bridgehead atoms. The molecule has 1 unspecified atom stereocenters. The summed E-state index contributed by atoms with van der Waals surface area (Å²) in [6, 6.07) is 5.57. The van der Waals surface area contributed by atoms with Crippen molar-refractivity contribution in [1.82, 2.24) is 30.8 Å². The SMILES string of the molecule is CCOC1CCN(C2=C(c3nn[nH]n3)C(=O)N[C@@]3(CCc4cc(OCCCC(F)(F)F)ccc43)C2)C1. The lowest BCUT2D eigenvalue weighted by molar-refractivity contribution is -0.136. The van der Waals surface area contributed by atoms with Crippen LogP contribution in [0.1, 0.15) is 56.0 Å². The molecule has 2 aromatic rings. The third kappa shape index (κ3) is 4.91. The maximum atomic E-state index is 13.5. The molecule has 5 rings (SSSR count). The fourth-order valence-electron chi connectivity index (χ4n) is 5.54. The van der Waals surface area contributed by atoms with Crippen LogP contribution in [0.3, 0.4) is 0 Å². The molecule has 12 heteroatoms. The van der Waals surface area contributed by atoms with E-state index >= 15 is 0 Å². The van der Waals surface area contributed by atoms with Crippen LogP contribution in [0.25, 0.3) is 5.57 Å². The van der Waals surface area contributed by atoms with Crippen LogP contribution in [-0.2, 0) is 21.5 Å². The number of fused-ring (bicyclic) bond motifs is 2. The number of benzene rings is 1. The van der Waals surface area contributed by atoms with Gasteiger partial charge in [-0.3, -0.25) is 4.79 Å². The molecular weight excluding hydrogens is 477 g/mol. The van der Waals surface area contributed by atoms with Gasteiger partial charge in [0.25, 0.3) is 5.91 Å². The van der Waals surface area contributed by atoms with Gasteiger partial charge in [0.05, 0.1) is 18.2 Å². The lowest BCUT2D eigenvalue weighted by Crippen LogP contribution is -2.50. The van der Waals surface area contributed by atoms with Crippen LogP contribution in [-0.4, -0.2) is 70.0 Å². The van der Waals surface area contributed by atoms with Crippen molar-refractivity contribution in [2.45, 2.75) is 63.3 Å². The molecule has 3 aliphatic rings. The number of hydrogen-bond acceptors (Lipinski definition) is 7. The van der Waals surface area contributed by atoms with Crippen LogP contribution in [0.2, 0.25) is 0 Å². The Morgan fingerprint density at radius 3 is 2.92 bits per heavy atom. The molecule has 1 saturated heterocycles. The highest BCUT2D eigenvalue weighted by Gasteiger charge is 2.47. The van der Waals surface area contributed by atoms with E-state index in [9.17, 15) is 18.0 Å². The molecule has 0 saturated carbocycles. The van der Waals surface area contributed by atoms with Crippen molar-refractivity contribution in [1.29, 1.82) is 0 Å². The summed E-state index contributed by atoms with van der Waals surface area (Å²) in [5.41, 5.74) is 2.74. The number of aryl methyl sites for hydroxylation is 1. The number of nitrogens with zero attached hydrogens (tertiary/aromatic N) is 4. The second-order valence-electron chi connectivity index (χ2n) is 9.47. The molecule has 3 heterocycles. The van der Waals surface area contributed by atoms with Crippen LogP contribution >= 0.6 is 0 Å². The smallest absolute Gasteiger partial charge is 0.389 e. The van der Waals surface area contributed by atoms with Crippen LogP contribution < -0.4 is 10.1 Å². The van der Waals surface area contributed by atoms with Gasteiger partial charge in [-0.15, -0.1) is 10.2 Å². The minimum atomic E-state index is -4.18. The Bertz CT molecular complexity index is 1140. The zero-order valence-corrected chi connectivity index (χ0v) is 20.0. The van der Waals surface area contributed by atoms with Gasteiger partial charge in [-0.25, -0.2) is 0 Å². The molecule has 1 aromatic heterocycles. The molecule has 2 atom stereocenters. The van der Waals surface area contributed by atoms with Gasteiger partial charge in [-0.2, -0.15) is 18.4 Å². The minimum absolute atomic E-state index is 0.00290. The number of carbonyl (C=O) groups is 1. The van der Waals surface area contributed by atoms with Gasteiger partial charge in [0.2, 0.25) is 5.82 Å². The Balaban J connectivity index is 1.39. The second-order valence-corrected chi connectivity index (χ2v) is 9.47. The van der Waals surface area contributed by atoms with E-state index in [1.54, 1.807) is 6.07 Å². The van der Waals surface area contributed by atoms with E-state index in [0.29, 0.717) is 37.3 Å². The lowest BCUT2D eigenvalue weighted by atomic mass is 9.82. The summed E-state index contributed by atoms with van der Waals surface area (Å²) in [6.07, 6.45) is -2.17. The highest BCUT2D eigenvalue weighted by atomic mass is 19.4. The summed E-state index contributed by atoms with van der Waals surface area (Å²) >= 11 is 0. The highest BCUT2D eigenvalue weighted by molar-refractivity contribution is 6.20. The van der Waals surface area contributed by atoms with Crippen molar-refractivity contribution in [2.75, 3.05) is 26.3 Å². The number of amides is 1. The normalized spacial score (nSPS) is 23.9. The summed E-state index contributed by atoms with van der Waals surface area (Å²) in [4.78, 5) is 15.7. The Morgan fingerprint density at radius 1 is 1.31 bits per heavy atom. The largest absolute Gasteiger partial charge is 0.494 e. The third-order valence-corrected chi connectivity index (χ3v) is 7.12. The summed E-state index contributed by atoms with van der Waals surface area (Å²) in [7, 11) is 0. The third-order valence-electron chi connectivity index (χ3n) is 7.12. The number of halogens is 3. The maximum Gasteiger partial charge on any atom is 0.389 e. The number of H-pyrrole nitrogens is 1. The van der Waals surface area contributed by atoms with Gasteiger partial charge < -0.3 is 19.7 Å². The van der Waals surface area contributed by atoms with E-state index in [-0.39, 0.29) is 30.9 Å². The molecular formula is C24H29F3N6O3. The van der Waals surface area contributed by atoms with Crippen molar-refractivity contribution < 1.29 is 27.4 Å². The molecule has 1 aromatic carbocycles. The number of aromatic nitrogens is 4. The van der Waals surface area contributed by atoms with E-state index in [1.807, 2.05) is 19.1 Å². The standard InChI is InChI=1S/C24H29F3N6O3/c1-2-35-17-7-10-33(14-17)19-13-23(28-22(34)20(19)21-29-31-32-30-21)9-6-15-12-16(4-5-18(15)23)36-11-3-8-24(25,26)27/h4-5,12,17H,2-3,6-11,13-14H2,1H3,(H,28,34)(H,29,30,31,32)/t17?,23-/m0/s1. The molecule has 1 aliphatic carbocycles. The Labute approximate surface area is 206 Å². The molecule has 0 radical (unpaired) electrons.